The number of carbonyl (C=O) groups excluding carboxylic acids is 1. The topological polar surface area (TPSA) is 97.2 Å². The Morgan fingerprint density at radius 3 is 2.42 bits per heavy atom. The summed E-state index contributed by atoms with van der Waals surface area (Å²) in [6.07, 6.45) is 6.33. The van der Waals surface area contributed by atoms with E-state index in [1.54, 1.807) is 11.1 Å². The van der Waals surface area contributed by atoms with E-state index >= 15 is 0 Å². The summed E-state index contributed by atoms with van der Waals surface area (Å²) in [5.74, 6) is 0.304. The van der Waals surface area contributed by atoms with Crippen LogP contribution in [0.4, 0.5) is 0 Å². The number of nitrogens with zero attached hydrogens (tertiary/aromatic N) is 4. The quantitative estimate of drug-likeness (QED) is 0.827. The van der Waals surface area contributed by atoms with Crippen LogP contribution >= 0.6 is 0 Å². The van der Waals surface area contributed by atoms with E-state index in [-0.39, 0.29) is 5.91 Å². The van der Waals surface area contributed by atoms with E-state index < -0.39 is 21.5 Å². The first-order valence-corrected chi connectivity index (χ1v) is 10.1. The number of hydrogen-bond acceptors (Lipinski definition) is 5. The molecule has 9 heteroatoms. The lowest BCUT2D eigenvalue weighted by Crippen LogP contribution is -2.55. The molecule has 0 aliphatic carbocycles. The molecule has 136 valence electrons. The van der Waals surface area contributed by atoms with Gasteiger partial charge >= 0.3 is 0 Å². The first-order chi connectivity index (χ1) is 11.1. The molecule has 8 nitrogen and oxygen atoms in total. The van der Waals surface area contributed by atoms with Gasteiger partial charge in [-0.1, -0.05) is 26.0 Å². The molecule has 24 heavy (non-hydrogen) atoms. The molecule has 0 aromatic carbocycles. The van der Waals surface area contributed by atoms with Crippen LogP contribution in [0.3, 0.4) is 0 Å². The Kier molecular flexibility index (Phi) is 5.64. The first-order valence-electron chi connectivity index (χ1n) is 8.16. The number of likely N-dealkylation sites (tertiary alicyclic amines) is 1. The summed E-state index contributed by atoms with van der Waals surface area (Å²) in [5.41, 5.74) is -0.488. The van der Waals surface area contributed by atoms with E-state index in [0.29, 0.717) is 19.0 Å². The predicted octanol–water partition coefficient (Wildman–Crippen LogP) is 0.481. The molecule has 1 N–H and O–H groups in total. The predicted molar refractivity (Wildman–Crippen MR) is 90.5 cm³/mol. The number of sulfonamides is 1. The van der Waals surface area contributed by atoms with E-state index in [9.17, 15) is 13.2 Å². The minimum Gasteiger partial charge on any atom is -0.341 e. The highest BCUT2D eigenvalue weighted by atomic mass is 32.2. The van der Waals surface area contributed by atoms with Gasteiger partial charge in [-0.25, -0.2) is 13.1 Å². The number of carbonyl (C=O) groups is 1. The summed E-state index contributed by atoms with van der Waals surface area (Å²) in [6, 6.07) is -0.751. The number of rotatable bonds is 5. The molecule has 0 bridgehead atoms. The molecule has 1 aliphatic rings. The Hall–Kier alpha value is -1.48. The van der Waals surface area contributed by atoms with Gasteiger partial charge in [0.1, 0.15) is 6.04 Å². The van der Waals surface area contributed by atoms with Crippen molar-refractivity contribution in [2.75, 3.05) is 19.3 Å². The maximum absolute atomic E-state index is 12.8. The zero-order chi connectivity index (χ0) is 18.0. The zero-order valence-corrected chi connectivity index (χ0v) is 15.6. The summed E-state index contributed by atoms with van der Waals surface area (Å²) in [7, 11) is -3.45. The molecule has 2 heterocycles. The van der Waals surface area contributed by atoms with Crippen LogP contribution in [0.1, 0.15) is 33.6 Å². The van der Waals surface area contributed by atoms with Crippen molar-refractivity contribution in [1.82, 2.24) is 24.6 Å². The number of hydrogen-bond donors (Lipinski definition) is 1. The number of amides is 1. The van der Waals surface area contributed by atoms with Crippen LogP contribution in [0, 0.1) is 11.3 Å². The standard InChI is InChI=1S/C15H27N5O3S/c1-15(2,3)13(17-24(4,22)23)14(21)19-8-5-12(6-9-19)11-20-10-7-16-18-20/h7,10,12-13,17H,5-6,8-9,11H2,1-4H3. The molecule has 1 aliphatic heterocycles. The van der Waals surface area contributed by atoms with Crippen LogP contribution in [0.25, 0.3) is 0 Å². The molecule has 1 fully saturated rings. The van der Waals surface area contributed by atoms with Gasteiger partial charge in [0.2, 0.25) is 15.9 Å². The maximum Gasteiger partial charge on any atom is 0.241 e. The largest absolute Gasteiger partial charge is 0.341 e. The molecular formula is C15H27N5O3S. The Morgan fingerprint density at radius 1 is 1.33 bits per heavy atom. The van der Waals surface area contributed by atoms with Crippen LogP contribution in [0.2, 0.25) is 0 Å². The second-order valence-electron chi connectivity index (χ2n) is 7.58. The fourth-order valence-electron chi connectivity index (χ4n) is 2.92. The fraction of sp³-hybridized carbons (Fsp3) is 0.800. The average Bonchev–Trinajstić information content (AvgIpc) is 2.96. The molecule has 1 amide bonds. The van der Waals surface area contributed by atoms with Crippen LogP contribution in [0.15, 0.2) is 12.4 Å². The molecule has 0 radical (unpaired) electrons. The van der Waals surface area contributed by atoms with Crippen LogP contribution < -0.4 is 4.72 Å². The molecule has 0 saturated carbocycles. The molecule has 2 rings (SSSR count). The van der Waals surface area contributed by atoms with E-state index in [0.717, 1.165) is 25.6 Å². The Labute approximate surface area is 143 Å². The molecular weight excluding hydrogens is 330 g/mol. The Bertz CT molecular complexity index is 643. The molecule has 1 aromatic rings. The average molecular weight is 357 g/mol. The van der Waals surface area contributed by atoms with Gasteiger partial charge in [-0.2, -0.15) is 0 Å². The lowest BCUT2D eigenvalue weighted by molar-refractivity contribution is -0.137. The van der Waals surface area contributed by atoms with Gasteiger partial charge in [0, 0.05) is 25.8 Å². The van der Waals surface area contributed by atoms with Crippen molar-refractivity contribution in [3.05, 3.63) is 12.4 Å². The number of aromatic nitrogens is 3. The smallest absolute Gasteiger partial charge is 0.241 e. The number of nitrogens with one attached hydrogen (secondary N) is 1. The zero-order valence-electron chi connectivity index (χ0n) is 14.8. The van der Waals surface area contributed by atoms with Crippen molar-refractivity contribution in [1.29, 1.82) is 0 Å². The lowest BCUT2D eigenvalue weighted by atomic mass is 9.86. The third-order valence-electron chi connectivity index (χ3n) is 4.29. The molecule has 1 atom stereocenters. The molecule has 0 spiro atoms. The van der Waals surface area contributed by atoms with Crippen molar-refractivity contribution < 1.29 is 13.2 Å². The second-order valence-corrected chi connectivity index (χ2v) is 9.36. The van der Waals surface area contributed by atoms with E-state index in [4.69, 9.17) is 0 Å². The van der Waals surface area contributed by atoms with Crippen molar-refractivity contribution >= 4 is 15.9 Å². The third kappa shape index (κ3) is 5.27. The summed E-state index contributed by atoms with van der Waals surface area (Å²) in [5, 5.41) is 7.77. The van der Waals surface area contributed by atoms with Crippen molar-refractivity contribution in [2.24, 2.45) is 11.3 Å². The van der Waals surface area contributed by atoms with Crippen molar-refractivity contribution in [3.63, 3.8) is 0 Å². The number of piperidine rings is 1. The summed E-state index contributed by atoms with van der Waals surface area (Å²) >= 11 is 0. The Balaban J connectivity index is 1.96. The monoisotopic (exact) mass is 357 g/mol. The van der Waals surface area contributed by atoms with Gasteiger partial charge in [-0.3, -0.25) is 9.48 Å². The van der Waals surface area contributed by atoms with Crippen LogP contribution in [-0.2, 0) is 21.4 Å². The Morgan fingerprint density at radius 2 is 1.96 bits per heavy atom. The lowest BCUT2D eigenvalue weighted by Gasteiger charge is -2.38. The summed E-state index contributed by atoms with van der Waals surface area (Å²) in [6.45, 7) is 7.67. The van der Waals surface area contributed by atoms with E-state index in [2.05, 4.69) is 15.0 Å². The van der Waals surface area contributed by atoms with Gasteiger partial charge in [0.25, 0.3) is 0 Å². The van der Waals surface area contributed by atoms with Gasteiger partial charge < -0.3 is 4.90 Å². The molecule has 1 aromatic heterocycles. The highest BCUT2D eigenvalue weighted by Crippen LogP contribution is 2.25. The van der Waals surface area contributed by atoms with Crippen LogP contribution in [-0.4, -0.2) is 59.6 Å². The van der Waals surface area contributed by atoms with Gasteiger partial charge in [-0.15, -0.1) is 5.10 Å². The molecule has 1 saturated heterocycles. The van der Waals surface area contributed by atoms with Crippen molar-refractivity contribution in [3.8, 4) is 0 Å². The second kappa shape index (κ2) is 7.18. The van der Waals surface area contributed by atoms with E-state index in [1.165, 1.54) is 0 Å². The van der Waals surface area contributed by atoms with E-state index in [1.807, 2.05) is 31.6 Å². The minimum absolute atomic E-state index is 0.146. The van der Waals surface area contributed by atoms with Gasteiger partial charge in [-0.05, 0) is 24.2 Å². The fourth-order valence-corrected chi connectivity index (χ4v) is 3.81. The van der Waals surface area contributed by atoms with Crippen molar-refractivity contribution in [2.45, 2.75) is 46.2 Å². The highest BCUT2D eigenvalue weighted by molar-refractivity contribution is 7.88. The highest BCUT2D eigenvalue weighted by Gasteiger charge is 2.37. The van der Waals surface area contributed by atoms with Gasteiger partial charge in [0.05, 0.1) is 12.5 Å². The molecule has 1 unspecified atom stereocenters. The van der Waals surface area contributed by atoms with Crippen LogP contribution in [0.5, 0.6) is 0 Å². The minimum atomic E-state index is -3.45. The SMILES string of the molecule is CC(C)(C)C(NS(C)(=O)=O)C(=O)N1CCC(Cn2ccnn2)CC1. The summed E-state index contributed by atoms with van der Waals surface area (Å²) < 4.78 is 27.5. The third-order valence-corrected chi connectivity index (χ3v) is 4.95. The summed E-state index contributed by atoms with van der Waals surface area (Å²) in [4.78, 5) is 14.6. The van der Waals surface area contributed by atoms with Gasteiger partial charge in [0.15, 0.2) is 0 Å². The first kappa shape index (κ1) is 18.9. The maximum atomic E-state index is 12.8. The normalized spacial score (nSPS) is 18.6.